The molecule has 0 aliphatic heterocycles. The van der Waals surface area contributed by atoms with Crippen LogP contribution in [0.15, 0.2) is 146 Å². The highest BCUT2D eigenvalue weighted by atomic mass is 15.1. The number of hydrogen-bond acceptors (Lipinski definition) is 2. The Balaban J connectivity index is 1.44. The van der Waals surface area contributed by atoms with Gasteiger partial charge < -0.3 is 4.40 Å². The third-order valence-corrected chi connectivity index (χ3v) is 9.78. The van der Waals surface area contributed by atoms with Crippen molar-refractivity contribution in [1.29, 1.82) is 0 Å². The molecule has 0 fully saturated rings. The van der Waals surface area contributed by atoms with Crippen LogP contribution in [0.1, 0.15) is 0 Å². The summed E-state index contributed by atoms with van der Waals surface area (Å²) in [4.78, 5) is 10.7. The van der Waals surface area contributed by atoms with Crippen molar-refractivity contribution < 1.29 is 0 Å². The van der Waals surface area contributed by atoms with Gasteiger partial charge in [0.05, 0.1) is 38.6 Å². The SMILES string of the molecule is c1ccc(-c2nc3ccccc3nc2-n2c3cc4ccccc4cc3c3c4c5ccccc5n5c6ccccc6c(cc32)c45)cc1. The summed E-state index contributed by atoms with van der Waals surface area (Å²) in [5, 5.41) is 9.94. The summed E-state index contributed by atoms with van der Waals surface area (Å²) >= 11 is 0. The van der Waals surface area contributed by atoms with Crippen LogP contribution >= 0.6 is 0 Å². The van der Waals surface area contributed by atoms with Gasteiger partial charge in [0.25, 0.3) is 0 Å². The first-order chi connectivity index (χ1) is 22.8. The maximum absolute atomic E-state index is 5.41. The fourth-order valence-corrected chi connectivity index (χ4v) is 7.86. The lowest BCUT2D eigenvalue weighted by atomic mass is 10.0. The van der Waals surface area contributed by atoms with Crippen molar-refractivity contribution in [3.05, 3.63) is 146 Å². The summed E-state index contributed by atoms with van der Waals surface area (Å²) in [5.74, 6) is 0.835. The number of nitrogens with zero attached hydrogens (tertiary/aromatic N) is 4. The Kier molecular flexibility index (Phi) is 4.55. The number of hydrogen-bond donors (Lipinski definition) is 0. The smallest absolute Gasteiger partial charge is 0.165 e. The van der Waals surface area contributed by atoms with Crippen molar-refractivity contribution in [3.8, 4) is 17.1 Å². The lowest BCUT2D eigenvalue weighted by molar-refractivity contribution is 1.08. The number of rotatable bonds is 2. The average molecular weight is 585 g/mol. The Hall–Kier alpha value is -6.26. The molecule has 0 aliphatic rings. The van der Waals surface area contributed by atoms with Crippen molar-refractivity contribution in [2.45, 2.75) is 0 Å². The fraction of sp³-hybridized carbons (Fsp3) is 0. The van der Waals surface area contributed by atoms with E-state index in [-0.39, 0.29) is 0 Å². The zero-order chi connectivity index (χ0) is 29.9. The molecule has 0 saturated carbocycles. The molecule has 0 radical (unpaired) electrons. The summed E-state index contributed by atoms with van der Waals surface area (Å²) in [6, 6.07) is 52.0. The van der Waals surface area contributed by atoms with Gasteiger partial charge in [0.1, 0.15) is 5.69 Å². The molecule has 11 aromatic rings. The average Bonchev–Trinajstić information content (AvgIpc) is 3.74. The van der Waals surface area contributed by atoms with E-state index in [1.807, 2.05) is 18.2 Å². The largest absolute Gasteiger partial charge is 0.308 e. The van der Waals surface area contributed by atoms with Gasteiger partial charge >= 0.3 is 0 Å². The first-order valence-corrected chi connectivity index (χ1v) is 15.7. The van der Waals surface area contributed by atoms with E-state index in [0.29, 0.717) is 0 Å². The number of fused-ring (bicyclic) bond motifs is 12. The van der Waals surface area contributed by atoms with Gasteiger partial charge in [-0.3, -0.25) is 4.57 Å². The Morgan fingerprint density at radius 1 is 0.413 bits per heavy atom. The Morgan fingerprint density at radius 2 is 1.04 bits per heavy atom. The summed E-state index contributed by atoms with van der Waals surface area (Å²) < 4.78 is 4.84. The van der Waals surface area contributed by atoms with Crippen LogP contribution in [0.25, 0.3) is 98.8 Å². The predicted molar refractivity (Wildman–Crippen MR) is 191 cm³/mol. The van der Waals surface area contributed by atoms with E-state index in [1.165, 1.54) is 59.6 Å². The van der Waals surface area contributed by atoms with E-state index in [2.05, 4.69) is 136 Å². The first-order valence-electron chi connectivity index (χ1n) is 15.7. The van der Waals surface area contributed by atoms with Gasteiger partial charge in [0, 0.05) is 37.9 Å². The maximum Gasteiger partial charge on any atom is 0.165 e. The van der Waals surface area contributed by atoms with Gasteiger partial charge in [-0.05, 0) is 53.2 Å². The summed E-state index contributed by atoms with van der Waals surface area (Å²) in [5.41, 5.74) is 9.66. The highest BCUT2D eigenvalue weighted by molar-refractivity contribution is 6.36. The topological polar surface area (TPSA) is 35.1 Å². The van der Waals surface area contributed by atoms with E-state index in [4.69, 9.17) is 9.97 Å². The van der Waals surface area contributed by atoms with Crippen molar-refractivity contribution in [2.24, 2.45) is 0 Å². The minimum Gasteiger partial charge on any atom is -0.308 e. The quantitative estimate of drug-likeness (QED) is 0.203. The zero-order valence-electron chi connectivity index (χ0n) is 24.6. The first kappa shape index (κ1) is 24.1. The number of aromatic nitrogens is 4. The number of para-hydroxylation sites is 4. The Morgan fingerprint density at radius 3 is 1.85 bits per heavy atom. The van der Waals surface area contributed by atoms with E-state index in [9.17, 15) is 0 Å². The molecule has 0 unspecified atom stereocenters. The van der Waals surface area contributed by atoms with Crippen molar-refractivity contribution >= 4 is 81.7 Å². The van der Waals surface area contributed by atoms with Gasteiger partial charge in [-0.25, -0.2) is 9.97 Å². The molecule has 4 heteroatoms. The minimum absolute atomic E-state index is 0.835. The molecule has 7 aromatic carbocycles. The van der Waals surface area contributed by atoms with Gasteiger partial charge in [0.15, 0.2) is 5.82 Å². The van der Waals surface area contributed by atoms with Crippen molar-refractivity contribution in [1.82, 2.24) is 18.9 Å². The van der Waals surface area contributed by atoms with Crippen molar-refractivity contribution in [2.75, 3.05) is 0 Å². The van der Waals surface area contributed by atoms with Gasteiger partial charge in [-0.1, -0.05) is 103 Å². The molecular weight excluding hydrogens is 560 g/mol. The normalized spacial score (nSPS) is 12.3. The lowest BCUT2D eigenvalue weighted by Gasteiger charge is -2.14. The van der Waals surface area contributed by atoms with Crippen LogP contribution in [-0.2, 0) is 0 Å². The molecule has 11 rings (SSSR count). The third kappa shape index (κ3) is 3.03. The van der Waals surface area contributed by atoms with Crippen LogP contribution < -0.4 is 0 Å². The minimum atomic E-state index is 0.835. The third-order valence-electron chi connectivity index (χ3n) is 9.78. The molecule has 0 saturated heterocycles. The molecule has 0 aliphatic carbocycles. The van der Waals surface area contributed by atoms with E-state index >= 15 is 0 Å². The molecule has 0 atom stereocenters. The van der Waals surface area contributed by atoms with Gasteiger partial charge in [-0.2, -0.15) is 0 Å². The second-order valence-corrected chi connectivity index (χ2v) is 12.2. The van der Waals surface area contributed by atoms with Gasteiger partial charge in [0.2, 0.25) is 0 Å². The van der Waals surface area contributed by atoms with Crippen LogP contribution in [0.4, 0.5) is 0 Å². The summed E-state index contributed by atoms with van der Waals surface area (Å²) in [6.45, 7) is 0. The molecule has 4 nitrogen and oxygen atoms in total. The highest BCUT2D eigenvalue weighted by Gasteiger charge is 2.26. The summed E-state index contributed by atoms with van der Waals surface area (Å²) in [7, 11) is 0. The second-order valence-electron chi connectivity index (χ2n) is 12.2. The van der Waals surface area contributed by atoms with Gasteiger partial charge in [-0.15, -0.1) is 0 Å². The Bertz CT molecular complexity index is 3020. The predicted octanol–water partition coefficient (Wildman–Crippen LogP) is 10.7. The molecule has 0 spiro atoms. The monoisotopic (exact) mass is 584 g/mol. The lowest BCUT2D eigenvalue weighted by Crippen LogP contribution is -2.03. The van der Waals surface area contributed by atoms with Crippen LogP contribution in [0.5, 0.6) is 0 Å². The van der Waals surface area contributed by atoms with Crippen LogP contribution in [0.3, 0.4) is 0 Å². The standard InChI is InChI=1S/C42H24N4/c1-2-12-25(13-3-1)40-42(44-33-19-9-8-18-32(33)43-40)46-36-23-27-15-5-4-14-26(27)22-31(36)38-37(46)24-30-28-16-6-10-20-34(28)45-35-21-11-7-17-29(35)39(38)41(30)45/h1-24H. The van der Waals surface area contributed by atoms with E-state index in [1.54, 1.807) is 0 Å². The van der Waals surface area contributed by atoms with Crippen LogP contribution in [0.2, 0.25) is 0 Å². The molecule has 212 valence electrons. The molecule has 4 heterocycles. The maximum atomic E-state index is 5.41. The zero-order valence-corrected chi connectivity index (χ0v) is 24.6. The molecule has 46 heavy (non-hydrogen) atoms. The Labute approximate surface area is 262 Å². The molecular formula is C42H24N4. The number of benzene rings is 7. The van der Waals surface area contributed by atoms with E-state index < -0.39 is 0 Å². The van der Waals surface area contributed by atoms with Crippen LogP contribution in [0, 0.1) is 0 Å². The highest BCUT2D eigenvalue weighted by Crippen LogP contribution is 2.47. The van der Waals surface area contributed by atoms with E-state index in [0.717, 1.165) is 39.1 Å². The summed E-state index contributed by atoms with van der Waals surface area (Å²) in [6.07, 6.45) is 0. The molecule has 0 amide bonds. The molecule has 4 aromatic heterocycles. The molecule has 0 bridgehead atoms. The van der Waals surface area contributed by atoms with Crippen molar-refractivity contribution in [3.63, 3.8) is 0 Å². The van der Waals surface area contributed by atoms with Crippen LogP contribution in [-0.4, -0.2) is 18.9 Å². The fourth-order valence-electron chi connectivity index (χ4n) is 7.86. The molecule has 0 N–H and O–H groups in total. The second kappa shape index (κ2) is 8.68.